The summed E-state index contributed by atoms with van der Waals surface area (Å²) >= 11 is 0. The predicted molar refractivity (Wildman–Crippen MR) is 61.5 cm³/mol. The van der Waals surface area contributed by atoms with Crippen LogP contribution in [0.2, 0.25) is 0 Å². The highest BCUT2D eigenvalue weighted by Gasteiger charge is 2.12. The molecule has 0 saturated carbocycles. The third kappa shape index (κ3) is 3.56. The highest BCUT2D eigenvalue weighted by Crippen LogP contribution is 2.09. The summed E-state index contributed by atoms with van der Waals surface area (Å²) in [5, 5.41) is 6.59. The van der Waals surface area contributed by atoms with Gasteiger partial charge in [0.25, 0.3) is 0 Å². The van der Waals surface area contributed by atoms with Gasteiger partial charge in [0, 0.05) is 27.1 Å². The molecule has 14 heavy (non-hydrogen) atoms. The average molecular weight is 197 g/mol. The van der Waals surface area contributed by atoms with Crippen molar-refractivity contribution in [3.05, 3.63) is 0 Å². The summed E-state index contributed by atoms with van der Waals surface area (Å²) in [6, 6.07) is 0. The van der Waals surface area contributed by atoms with Gasteiger partial charge in [-0.15, -0.1) is 0 Å². The molecule has 0 unspecified atom stereocenters. The van der Waals surface area contributed by atoms with Crippen LogP contribution in [0.3, 0.4) is 0 Å². The van der Waals surface area contributed by atoms with Crippen LogP contribution in [-0.4, -0.2) is 42.9 Å². The number of rotatable bonds is 5. The Balaban J connectivity index is 2.27. The zero-order valence-corrected chi connectivity index (χ0v) is 9.79. The molecular weight excluding hydrogens is 174 g/mol. The van der Waals surface area contributed by atoms with Crippen molar-refractivity contribution in [1.29, 1.82) is 0 Å². The van der Waals surface area contributed by atoms with E-state index in [1.54, 1.807) is 0 Å². The van der Waals surface area contributed by atoms with Crippen molar-refractivity contribution < 1.29 is 0 Å². The summed E-state index contributed by atoms with van der Waals surface area (Å²) < 4.78 is 0. The molecule has 1 aliphatic heterocycles. The molecule has 0 aromatic heterocycles. The molecule has 0 aromatic carbocycles. The van der Waals surface area contributed by atoms with E-state index >= 15 is 0 Å². The number of amidine groups is 1. The van der Waals surface area contributed by atoms with E-state index in [9.17, 15) is 0 Å². The van der Waals surface area contributed by atoms with Gasteiger partial charge in [-0.25, -0.2) is 0 Å². The van der Waals surface area contributed by atoms with E-state index in [0.717, 1.165) is 19.5 Å². The zero-order valence-electron chi connectivity index (χ0n) is 9.79. The summed E-state index contributed by atoms with van der Waals surface area (Å²) in [6.07, 6.45) is 6.42. The van der Waals surface area contributed by atoms with Crippen LogP contribution in [0, 0.1) is 0 Å². The van der Waals surface area contributed by atoms with E-state index in [2.05, 4.69) is 36.0 Å². The monoisotopic (exact) mass is 197 g/mol. The molecule has 3 heteroatoms. The van der Waals surface area contributed by atoms with Crippen LogP contribution < -0.4 is 0 Å². The maximum Gasteiger partial charge on any atom is 0.124 e. The lowest BCUT2D eigenvalue weighted by atomic mass is 10.1. The Morgan fingerprint density at radius 2 is 1.93 bits per heavy atom. The average Bonchev–Trinajstić information content (AvgIpc) is 2.18. The van der Waals surface area contributed by atoms with Gasteiger partial charge in [-0.05, 0) is 6.42 Å². The molecule has 1 heterocycles. The third-order valence-electron chi connectivity index (χ3n) is 2.74. The topological polar surface area (TPSA) is 18.8 Å². The zero-order chi connectivity index (χ0) is 10.4. The molecule has 0 aliphatic carbocycles. The van der Waals surface area contributed by atoms with Crippen molar-refractivity contribution in [3.63, 3.8) is 0 Å². The first kappa shape index (κ1) is 11.3. The van der Waals surface area contributed by atoms with Gasteiger partial charge in [0.05, 0.1) is 6.54 Å². The van der Waals surface area contributed by atoms with Gasteiger partial charge in [0.15, 0.2) is 0 Å². The number of unbranched alkanes of at least 4 members (excludes halogenated alkanes) is 3. The van der Waals surface area contributed by atoms with E-state index in [4.69, 9.17) is 0 Å². The highest BCUT2D eigenvalue weighted by molar-refractivity contribution is 5.82. The van der Waals surface area contributed by atoms with Crippen LogP contribution >= 0.6 is 0 Å². The van der Waals surface area contributed by atoms with Gasteiger partial charge in [-0.2, -0.15) is 5.10 Å². The number of hydrazone groups is 1. The predicted octanol–water partition coefficient (Wildman–Crippen LogP) is 2.15. The quantitative estimate of drug-likeness (QED) is 0.629. The second-order valence-electron chi connectivity index (χ2n) is 4.13. The lowest BCUT2D eigenvalue weighted by Crippen LogP contribution is -2.39. The number of likely N-dealkylation sites (N-methyl/N-ethyl adjacent to an activating group) is 2. The maximum atomic E-state index is 4.54. The van der Waals surface area contributed by atoms with E-state index < -0.39 is 0 Å². The summed E-state index contributed by atoms with van der Waals surface area (Å²) in [7, 11) is 4.20. The third-order valence-corrected chi connectivity index (χ3v) is 2.74. The van der Waals surface area contributed by atoms with Crippen molar-refractivity contribution >= 4 is 5.84 Å². The lowest BCUT2D eigenvalue weighted by Gasteiger charge is -2.30. The van der Waals surface area contributed by atoms with E-state index in [1.807, 2.05) is 0 Å². The standard InChI is InChI=1S/C11H23N3/c1-4-5-6-7-8-11-12-14(3)10-9-13(11)2/h4-10H2,1-3H3. The van der Waals surface area contributed by atoms with Crippen LogP contribution in [0.25, 0.3) is 0 Å². The Morgan fingerprint density at radius 1 is 1.14 bits per heavy atom. The molecule has 0 N–H and O–H groups in total. The van der Waals surface area contributed by atoms with Crippen LogP contribution in [0.15, 0.2) is 5.10 Å². The molecule has 0 fully saturated rings. The first-order chi connectivity index (χ1) is 6.74. The number of hydrogen-bond acceptors (Lipinski definition) is 3. The van der Waals surface area contributed by atoms with E-state index in [-0.39, 0.29) is 0 Å². The fraction of sp³-hybridized carbons (Fsp3) is 0.909. The molecule has 0 atom stereocenters. The molecule has 0 spiro atoms. The minimum absolute atomic E-state index is 1.05. The summed E-state index contributed by atoms with van der Waals surface area (Å²) in [6.45, 7) is 4.41. The first-order valence-corrected chi connectivity index (χ1v) is 5.73. The van der Waals surface area contributed by atoms with E-state index in [1.165, 1.54) is 31.5 Å². The molecule has 0 aromatic rings. The van der Waals surface area contributed by atoms with Gasteiger partial charge in [-0.1, -0.05) is 26.2 Å². The Morgan fingerprint density at radius 3 is 2.64 bits per heavy atom. The number of nitrogens with zero attached hydrogens (tertiary/aromatic N) is 3. The number of hydrogen-bond donors (Lipinski definition) is 0. The highest BCUT2D eigenvalue weighted by atomic mass is 15.5. The van der Waals surface area contributed by atoms with Crippen LogP contribution in [0.1, 0.15) is 39.0 Å². The smallest absolute Gasteiger partial charge is 0.124 e. The molecule has 0 radical (unpaired) electrons. The van der Waals surface area contributed by atoms with Crippen LogP contribution in [0.5, 0.6) is 0 Å². The van der Waals surface area contributed by atoms with Crippen molar-refractivity contribution in [1.82, 2.24) is 9.91 Å². The molecule has 0 saturated heterocycles. The van der Waals surface area contributed by atoms with E-state index in [0.29, 0.717) is 0 Å². The minimum atomic E-state index is 1.05. The van der Waals surface area contributed by atoms with Crippen molar-refractivity contribution in [3.8, 4) is 0 Å². The van der Waals surface area contributed by atoms with Gasteiger partial charge in [-0.3, -0.25) is 5.01 Å². The summed E-state index contributed by atoms with van der Waals surface area (Å²) in [5.41, 5.74) is 0. The van der Waals surface area contributed by atoms with Crippen LogP contribution in [0.4, 0.5) is 0 Å². The Labute approximate surface area is 87.8 Å². The van der Waals surface area contributed by atoms with Crippen molar-refractivity contribution in [2.75, 3.05) is 27.2 Å². The van der Waals surface area contributed by atoms with Gasteiger partial charge < -0.3 is 4.90 Å². The summed E-state index contributed by atoms with van der Waals surface area (Å²) in [4.78, 5) is 2.28. The minimum Gasteiger partial charge on any atom is -0.360 e. The Hall–Kier alpha value is -0.730. The summed E-state index contributed by atoms with van der Waals surface area (Å²) in [5.74, 6) is 1.26. The normalized spacial score (nSPS) is 17.2. The molecule has 3 nitrogen and oxygen atoms in total. The van der Waals surface area contributed by atoms with Gasteiger partial charge in [0.1, 0.15) is 5.84 Å². The molecular formula is C11H23N3. The van der Waals surface area contributed by atoms with Gasteiger partial charge in [0.2, 0.25) is 0 Å². The fourth-order valence-corrected chi connectivity index (χ4v) is 1.70. The van der Waals surface area contributed by atoms with Crippen LogP contribution in [-0.2, 0) is 0 Å². The van der Waals surface area contributed by atoms with Crippen molar-refractivity contribution in [2.45, 2.75) is 39.0 Å². The van der Waals surface area contributed by atoms with Gasteiger partial charge >= 0.3 is 0 Å². The Kier molecular flexibility index (Phi) is 4.77. The van der Waals surface area contributed by atoms with Crippen molar-refractivity contribution in [2.24, 2.45) is 5.10 Å². The fourth-order valence-electron chi connectivity index (χ4n) is 1.70. The first-order valence-electron chi connectivity index (χ1n) is 5.73. The largest absolute Gasteiger partial charge is 0.360 e. The molecule has 82 valence electrons. The lowest BCUT2D eigenvalue weighted by molar-refractivity contribution is 0.276. The molecule has 0 bridgehead atoms. The molecule has 1 aliphatic rings. The maximum absolute atomic E-state index is 4.54. The Bertz CT molecular complexity index is 189. The second-order valence-corrected chi connectivity index (χ2v) is 4.13. The SMILES string of the molecule is CCCCCCC1=NN(C)CCN1C. The second kappa shape index (κ2) is 5.89. The molecule has 0 amide bonds. The molecule has 1 rings (SSSR count).